The molecule has 0 aliphatic rings. The van der Waals surface area contributed by atoms with E-state index in [4.69, 9.17) is 4.74 Å². The van der Waals surface area contributed by atoms with Crippen molar-refractivity contribution in [2.75, 3.05) is 6.61 Å². The Labute approximate surface area is 170 Å². The van der Waals surface area contributed by atoms with Gasteiger partial charge in [0.1, 0.15) is 5.01 Å². The first-order chi connectivity index (χ1) is 13.6. The number of Topliss-reactive ketones (excluding diaryl/α,β-unsaturated/α-hetero) is 1. The highest BCUT2D eigenvalue weighted by Gasteiger charge is 2.24. The molecule has 0 amide bonds. The molecule has 0 aliphatic carbocycles. The third-order valence-electron chi connectivity index (χ3n) is 4.07. The summed E-state index contributed by atoms with van der Waals surface area (Å²) >= 11 is 2.93. The molecule has 2 aromatic heterocycles. The summed E-state index contributed by atoms with van der Waals surface area (Å²) in [4.78, 5) is 32.8. The summed E-state index contributed by atoms with van der Waals surface area (Å²) in [5, 5.41) is 12.5. The number of carbonyl (C=O) groups excluding carboxylic acids is 2. The van der Waals surface area contributed by atoms with Crippen molar-refractivity contribution in [3.8, 4) is 6.07 Å². The van der Waals surface area contributed by atoms with Crippen LogP contribution in [-0.2, 0) is 20.7 Å². The first kappa shape index (κ1) is 20.1. The number of ether oxygens (including phenoxy) is 1. The van der Waals surface area contributed by atoms with Gasteiger partial charge < -0.3 is 4.74 Å². The molecule has 0 saturated carbocycles. The van der Waals surface area contributed by atoms with Gasteiger partial charge in [-0.2, -0.15) is 5.26 Å². The van der Waals surface area contributed by atoms with E-state index >= 15 is 0 Å². The van der Waals surface area contributed by atoms with E-state index < -0.39 is 24.3 Å². The first-order valence-electron chi connectivity index (χ1n) is 8.91. The number of aryl methyl sites for hydroxylation is 2. The van der Waals surface area contributed by atoms with Crippen molar-refractivity contribution in [3.05, 3.63) is 45.4 Å². The molecular formula is C20H19N3O3S2. The average molecular weight is 414 g/mol. The largest absolute Gasteiger partial charge is 0.458 e. The number of thiazole rings is 2. The molecule has 0 N–H and O–H groups in total. The van der Waals surface area contributed by atoms with Crippen LogP contribution in [0.15, 0.2) is 29.6 Å². The maximum Gasteiger partial charge on any atom is 0.306 e. The Morgan fingerprint density at radius 1 is 1.25 bits per heavy atom. The van der Waals surface area contributed by atoms with E-state index in [0.29, 0.717) is 11.4 Å². The Morgan fingerprint density at radius 3 is 2.79 bits per heavy atom. The molecule has 1 aromatic carbocycles. The number of nitrogens with zero attached hydrogens (tertiary/aromatic N) is 3. The number of carbonyl (C=O) groups is 2. The number of benzene rings is 1. The second-order valence-electron chi connectivity index (χ2n) is 6.30. The molecule has 0 spiro atoms. The molecule has 0 radical (unpaired) electrons. The minimum Gasteiger partial charge on any atom is -0.458 e. The number of fused-ring (bicyclic) bond motifs is 1. The van der Waals surface area contributed by atoms with Gasteiger partial charge in [0.05, 0.1) is 21.3 Å². The summed E-state index contributed by atoms with van der Waals surface area (Å²) in [7, 11) is 0. The monoisotopic (exact) mass is 413 g/mol. The van der Waals surface area contributed by atoms with Crippen LogP contribution in [0, 0.1) is 18.3 Å². The van der Waals surface area contributed by atoms with E-state index in [2.05, 4.69) is 9.97 Å². The molecule has 0 unspecified atom stereocenters. The van der Waals surface area contributed by atoms with Crippen LogP contribution in [0.1, 0.15) is 40.9 Å². The fourth-order valence-electron chi connectivity index (χ4n) is 2.65. The Bertz CT molecular complexity index is 986. The standard InChI is InChI=1S/C20H19N3O3S2/c1-13-12-27-20(22-13)14(10-21)16(24)11-26-19(25)9-5-4-8-18-23-15-6-2-3-7-17(15)28-18/h2-3,6-7,12,14H,4-5,8-9,11H2,1H3/t14-/m0/s1. The number of rotatable bonds is 9. The van der Waals surface area contributed by atoms with Crippen molar-refractivity contribution in [2.24, 2.45) is 0 Å². The molecule has 1 atom stereocenters. The molecule has 0 aliphatic heterocycles. The smallest absolute Gasteiger partial charge is 0.306 e. The second kappa shape index (κ2) is 9.53. The lowest BCUT2D eigenvalue weighted by molar-refractivity contribution is -0.148. The number of unbranched alkanes of at least 4 members (excludes halogenated alkanes) is 1. The van der Waals surface area contributed by atoms with Crippen LogP contribution >= 0.6 is 22.7 Å². The van der Waals surface area contributed by atoms with Crippen molar-refractivity contribution >= 4 is 44.6 Å². The van der Waals surface area contributed by atoms with E-state index in [-0.39, 0.29) is 6.42 Å². The van der Waals surface area contributed by atoms with Crippen LogP contribution in [0.25, 0.3) is 10.2 Å². The lowest BCUT2D eigenvalue weighted by Crippen LogP contribution is -2.19. The van der Waals surface area contributed by atoms with Gasteiger partial charge in [0.15, 0.2) is 18.3 Å². The van der Waals surface area contributed by atoms with E-state index in [1.54, 1.807) is 23.6 Å². The van der Waals surface area contributed by atoms with Crippen LogP contribution in [-0.4, -0.2) is 28.3 Å². The van der Waals surface area contributed by atoms with Gasteiger partial charge in [0, 0.05) is 17.5 Å². The van der Waals surface area contributed by atoms with Gasteiger partial charge in [-0.25, -0.2) is 9.97 Å². The molecule has 0 saturated heterocycles. The molecule has 2 heterocycles. The van der Waals surface area contributed by atoms with Crippen molar-refractivity contribution in [1.82, 2.24) is 9.97 Å². The number of ketones is 1. The van der Waals surface area contributed by atoms with Crippen LogP contribution in [0.2, 0.25) is 0 Å². The van der Waals surface area contributed by atoms with Crippen LogP contribution in [0.3, 0.4) is 0 Å². The summed E-state index contributed by atoms with van der Waals surface area (Å²) in [6, 6.07) is 9.94. The predicted molar refractivity (Wildman–Crippen MR) is 108 cm³/mol. The highest BCUT2D eigenvalue weighted by molar-refractivity contribution is 7.18. The average Bonchev–Trinajstić information content (AvgIpc) is 3.30. The molecule has 0 bridgehead atoms. The molecular weight excluding hydrogens is 394 g/mol. The second-order valence-corrected chi connectivity index (χ2v) is 8.30. The van der Waals surface area contributed by atoms with Crippen LogP contribution in [0.5, 0.6) is 0 Å². The highest BCUT2D eigenvalue weighted by atomic mass is 32.1. The van der Waals surface area contributed by atoms with E-state index in [0.717, 1.165) is 33.8 Å². The van der Waals surface area contributed by atoms with Gasteiger partial charge in [-0.1, -0.05) is 12.1 Å². The minimum atomic E-state index is -0.981. The number of hydrogen-bond donors (Lipinski definition) is 0. The molecule has 144 valence electrons. The number of esters is 1. The van der Waals surface area contributed by atoms with Crippen molar-refractivity contribution < 1.29 is 14.3 Å². The Hall–Kier alpha value is -2.63. The van der Waals surface area contributed by atoms with Gasteiger partial charge in [0.2, 0.25) is 0 Å². The summed E-state index contributed by atoms with van der Waals surface area (Å²) in [6.45, 7) is 1.40. The zero-order chi connectivity index (χ0) is 19.9. The van der Waals surface area contributed by atoms with E-state index in [1.165, 1.54) is 11.3 Å². The lowest BCUT2D eigenvalue weighted by Gasteiger charge is -2.06. The predicted octanol–water partition coefficient (Wildman–Crippen LogP) is 4.19. The van der Waals surface area contributed by atoms with E-state index in [9.17, 15) is 14.9 Å². The summed E-state index contributed by atoms with van der Waals surface area (Å²) in [6.07, 6.45) is 2.54. The molecule has 28 heavy (non-hydrogen) atoms. The Balaban J connectivity index is 1.38. The van der Waals surface area contributed by atoms with E-state index in [1.807, 2.05) is 30.3 Å². The van der Waals surface area contributed by atoms with Crippen molar-refractivity contribution in [2.45, 2.75) is 38.5 Å². The van der Waals surface area contributed by atoms with Crippen molar-refractivity contribution in [1.29, 1.82) is 5.26 Å². The number of nitriles is 1. The lowest BCUT2D eigenvalue weighted by atomic mass is 10.1. The number of aromatic nitrogens is 2. The summed E-state index contributed by atoms with van der Waals surface area (Å²) in [5.74, 6) is -1.85. The summed E-state index contributed by atoms with van der Waals surface area (Å²) in [5.41, 5.74) is 1.76. The number of hydrogen-bond acceptors (Lipinski definition) is 8. The molecule has 8 heteroatoms. The quantitative estimate of drug-likeness (QED) is 0.386. The maximum absolute atomic E-state index is 12.1. The third-order valence-corrected chi connectivity index (χ3v) is 6.19. The van der Waals surface area contributed by atoms with Gasteiger partial charge in [-0.3, -0.25) is 9.59 Å². The topological polar surface area (TPSA) is 92.9 Å². The van der Waals surface area contributed by atoms with Crippen LogP contribution < -0.4 is 0 Å². The Kier molecular flexibility index (Phi) is 6.85. The highest BCUT2D eigenvalue weighted by Crippen LogP contribution is 2.23. The van der Waals surface area contributed by atoms with Crippen LogP contribution in [0.4, 0.5) is 0 Å². The zero-order valence-corrected chi connectivity index (χ0v) is 17.0. The third kappa shape index (κ3) is 5.21. The van der Waals surface area contributed by atoms with Crippen molar-refractivity contribution in [3.63, 3.8) is 0 Å². The van der Waals surface area contributed by atoms with Gasteiger partial charge in [-0.05, 0) is 38.3 Å². The minimum absolute atomic E-state index is 0.242. The molecule has 6 nitrogen and oxygen atoms in total. The normalized spacial score (nSPS) is 11.9. The molecule has 3 rings (SSSR count). The van der Waals surface area contributed by atoms with Gasteiger partial charge in [-0.15, -0.1) is 22.7 Å². The maximum atomic E-state index is 12.1. The first-order valence-corrected chi connectivity index (χ1v) is 10.6. The van der Waals surface area contributed by atoms with Gasteiger partial charge >= 0.3 is 5.97 Å². The molecule has 0 fully saturated rings. The number of para-hydroxylation sites is 1. The SMILES string of the molecule is Cc1csc([C@@H](C#N)C(=O)COC(=O)CCCCc2nc3ccccc3s2)n1. The fraction of sp³-hybridized carbons (Fsp3) is 0.350. The Morgan fingerprint density at radius 2 is 2.07 bits per heavy atom. The molecule has 3 aromatic rings. The zero-order valence-electron chi connectivity index (χ0n) is 15.4. The van der Waals surface area contributed by atoms with Gasteiger partial charge in [0.25, 0.3) is 0 Å². The summed E-state index contributed by atoms with van der Waals surface area (Å²) < 4.78 is 6.20. The fourth-order valence-corrected chi connectivity index (χ4v) is 4.52.